The molecule has 1 spiro atoms. The summed E-state index contributed by atoms with van der Waals surface area (Å²) >= 11 is 0. The van der Waals surface area contributed by atoms with E-state index in [2.05, 4.69) is 97.5 Å². The number of piperidine rings is 1. The molecular weight excluding hydrogens is 990 g/mol. The number of imide groups is 1. The van der Waals surface area contributed by atoms with E-state index in [1.54, 1.807) is 19.2 Å². The highest BCUT2D eigenvalue weighted by atomic mass is 19.1. The lowest BCUT2D eigenvalue weighted by molar-refractivity contribution is -0.116. The first-order valence-electron chi connectivity index (χ1n) is 27.7. The van der Waals surface area contributed by atoms with Gasteiger partial charge in [0.1, 0.15) is 28.8 Å². The van der Waals surface area contributed by atoms with Gasteiger partial charge in [-0.2, -0.15) is 4.98 Å². The Morgan fingerprint density at radius 2 is 1.73 bits per heavy atom. The Balaban J connectivity index is 0.803. The molecule has 3 N–H and O–H groups in total. The van der Waals surface area contributed by atoms with Crippen LogP contribution in [-0.2, 0) is 11.3 Å². The fourth-order valence-corrected chi connectivity index (χ4v) is 13.2. The van der Waals surface area contributed by atoms with Crippen LogP contribution in [0.15, 0.2) is 91.3 Å². The van der Waals surface area contributed by atoms with Crippen molar-refractivity contribution < 1.29 is 33.0 Å². The molecule has 2 saturated heterocycles. The lowest BCUT2D eigenvalue weighted by atomic mass is 9.58. The highest BCUT2D eigenvalue weighted by Crippen LogP contribution is 2.65. The Hall–Kier alpha value is -7.08. The molecule has 2 aliphatic heterocycles. The van der Waals surface area contributed by atoms with Crippen molar-refractivity contribution in [1.82, 2.24) is 30.1 Å². The minimum Gasteiger partial charge on any atom is -0.758 e. The number of fused-ring (bicyclic) bond motifs is 3. The van der Waals surface area contributed by atoms with Crippen LogP contribution < -0.4 is 34.8 Å². The molecule has 17 heteroatoms. The van der Waals surface area contributed by atoms with Crippen LogP contribution in [0.5, 0.6) is 23.1 Å². The fourth-order valence-electron chi connectivity index (χ4n) is 13.2. The van der Waals surface area contributed by atoms with E-state index in [1.165, 1.54) is 55.4 Å². The third kappa shape index (κ3) is 10.6. The third-order valence-electron chi connectivity index (χ3n) is 17.7. The van der Waals surface area contributed by atoms with Crippen molar-refractivity contribution in [1.29, 1.82) is 0 Å². The number of nitrogens with one attached hydrogen (secondary N) is 3. The van der Waals surface area contributed by atoms with Gasteiger partial charge in [0.2, 0.25) is 0 Å². The number of hydrogen-bond acceptors (Lipinski definition) is 14. The summed E-state index contributed by atoms with van der Waals surface area (Å²) in [6, 6.07) is 26.4. The van der Waals surface area contributed by atoms with Gasteiger partial charge in [0.15, 0.2) is 5.75 Å². The van der Waals surface area contributed by atoms with Crippen molar-refractivity contribution in [2.75, 3.05) is 69.3 Å². The quantitative estimate of drug-likeness (QED) is 0.0446. The molecule has 410 valence electrons. The average Bonchev–Trinajstić information content (AvgIpc) is 4.01. The van der Waals surface area contributed by atoms with E-state index in [-0.39, 0.29) is 62.7 Å². The maximum Gasteiger partial charge on any atom is 0.299 e. The highest BCUT2D eigenvalue weighted by Gasteiger charge is 2.63. The number of hydrogen-bond donors (Lipinski definition) is 3. The first kappa shape index (κ1) is 52.9. The highest BCUT2D eigenvalue weighted by molar-refractivity contribution is 6.45. The monoisotopic (exact) mass is 1060 g/mol. The molecule has 3 unspecified atom stereocenters. The number of aromatic nitrogens is 3. The zero-order valence-electron chi connectivity index (χ0n) is 45.5. The second kappa shape index (κ2) is 22.0. The summed E-state index contributed by atoms with van der Waals surface area (Å²) < 4.78 is 32.5. The van der Waals surface area contributed by atoms with Crippen molar-refractivity contribution in [3.05, 3.63) is 130 Å². The standard InChI is InChI=1S/C61H71FN9O7/c1-36(2)44-9-7-8-10-45(44)52-35-69(34-39-15-18-43(76-5)19-16-39)23-24-71(52)42-29-61(30-42)21-22-70(50-28-48(50)61)41-17-20-46(53(26-41)78-54-27-47-49(62)33-65-56(47)66-60(54)77-6)58(73)67-59(74)55(72)40-25-51(68(4)75)57(64-32-40)63-31-38-13-11-37(3)12-14-38/h7-10,15-20,25-27,32-33,36-38,42,48,50,52H,11-14,21-24,28-31,34-35H2,1-6H3,(H,63,64)(H,65,66)(H,67,73,74)/q-1. The number of aromatic amines is 1. The summed E-state index contributed by atoms with van der Waals surface area (Å²) in [6.07, 6.45) is 11.2. The van der Waals surface area contributed by atoms with Crippen molar-refractivity contribution in [2.45, 2.75) is 103 Å². The number of Topliss-reactive ketones (excluding diaryl/α,β-unsaturated/α-hetero) is 1. The number of pyridine rings is 2. The number of piperazine rings is 1. The van der Waals surface area contributed by atoms with E-state index >= 15 is 0 Å². The van der Waals surface area contributed by atoms with Crippen LogP contribution in [0.2, 0.25) is 0 Å². The maximum absolute atomic E-state index is 15.0. The van der Waals surface area contributed by atoms with Crippen LogP contribution >= 0.6 is 0 Å². The number of methoxy groups -OCH3 is 2. The molecule has 0 bridgehead atoms. The normalized spacial score (nSPS) is 24.1. The molecule has 16 nitrogen and oxygen atoms in total. The first-order chi connectivity index (χ1) is 37.7. The third-order valence-corrected chi connectivity index (χ3v) is 17.7. The molecule has 6 aromatic rings. The number of nitrogens with zero attached hydrogens (tertiary/aromatic N) is 6. The fraction of sp³-hybridized carbons (Fsp3) is 0.459. The van der Waals surface area contributed by atoms with E-state index < -0.39 is 23.4 Å². The van der Waals surface area contributed by atoms with E-state index in [0.29, 0.717) is 47.1 Å². The number of ether oxygens (including phenoxy) is 3. The molecule has 11 rings (SSSR count). The number of benzene rings is 3. The molecular formula is C61H71FN9O7-. The molecule has 5 aliphatic rings. The van der Waals surface area contributed by atoms with E-state index in [9.17, 15) is 24.0 Å². The lowest BCUT2D eigenvalue weighted by Gasteiger charge is -2.58. The van der Waals surface area contributed by atoms with E-state index in [1.807, 2.05) is 18.2 Å². The van der Waals surface area contributed by atoms with Gasteiger partial charge in [0, 0.05) is 93.2 Å². The molecule has 3 aromatic carbocycles. The van der Waals surface area contributed by atoms with Crippen molar-refractivity contribution in [3.63, 3.8) is 0 Å². The average molecular weight is 1060 g/mol. The van der Waals surface area contributed by atoms with Crippen LogP contribution in [-0.4, -0.2) is 108 Å². The van der Waals surface area contributed by atoms with E-state index in [4.69, 9.17) is 14.2 Å². The largest absolute Gasteiger partial charge is 0.758 e. The summed E-state index contributed by atoms with van der Waals surface area (Å²) in [6.45, 7) is 12.1. The minimum atomic E-state index is -1.21. The van der Waals surface area contributed by atoms with Gasteiger partial charge in [-0.25, -0.2) is 9.37 Å². The summed E-state index contributed by atoms with van der Waals surface area (Å²) in [5, 5.41) is 19.0. The Morgan fingerprint density at radius 1 is 0.949 bits per heavy atom. The topological polar surface area (TPSA) is 181 Å². The van der Waals surface area contributed by atoms with Crippen LogP contribution in [0.1, 0.15) is 122 Å². The van der Waals surface area contributed by atoms with E-state index in [0.717, 1.165) is 95.5 Å². The number of carbonyl (C=O) groups excluding carboxylic acids is 3. The molecule has 2 amide bonds. The van der Waals surface area contributed by atoms with Crippen LogP contribution in [0.3, 0.4) is 0 Å². The van der Waals surface area contributed by atoms with Gasteiger partial charge in [0.05, 0.1) is 30.9 Å². The number of rotatable bonds is 17. The van der Waals surface area contributed by atoms with Crippen molar-refractivity contribution in [3.8, 4) is 23.1 Å². The number of H-pyrrole nitrogens is 1. The number of halogens is 1. The van der Waals surface area contributed by atoms with Crippen molar-refractivity contribution in [2.24, 2.45) is 23.2 Å². The van der Waals surface area contributed by atoms with Crippen molar-refractivity contribution >= 4 is 45.8 Å². The zero-order valence-corrected chi connectivity index (χ0v) is 45.5. The molecule has 5 heterocycles. The van der Waals surface area contributed by atoms with Gasteiger partial charge in [-0.1, -0.05) is 70.0 Å². The predicted molar refractivity (Wildman–Crippen MR) is 299 cm³/mol. The Morgan fingerprint density at radius 3 is 2.47 bits per heavy atom. The molecule has 3 aromatic heterocycles. The summed E-state index contributed by atoms with van der Waals surface area (Å²) in [4.78, 5) is 60.9. The summed E-state index contributed by atoms with van der Waals surface area (Å²) in [5.74, 6) is -0.349. The number of hydroxylamine groups is 1. The number of amides is 2. The number of carbonyl (C=O) groups is 3. The Kier molecular flexibility index (Phi) is 14.9. The van der Waals surface area contributed by atoms with Crippen LogP contribution in [0.4, 0.5) is 21.6 Å². The smallest absolute Gasteiger partial charge is 0.299 e. The van der Waals surface area contributed by atoms with Gasteiger partial charge in [-0.15, -0.1) is 0 Å². The molecule has 3 saturated carbocycles. The summed E-state index contributed by atoms with van der Waals surface area (Å²) in [5.41, 5.74) is 5.33. The second-order valence-corrected chi connectivity index (χ2v) is 22.9. The predicted octanol–water partition coefficient (Wildman–Crippen LogP) is 10.6. The SMILES string of the molecule is COc1ccc(CN2CCN(C3CC4(CCN(c5ccc(C(=O)NC(=O)C(=O)c6cnc(NCC7CCC(C)CC7)c(N(C)[O-])c6)c(Oc6cc7c(F)c[nH]c7nc6OC)c5)C5CC54)C3)C(c3ccccc3C(C)C)C2)cc1. The number of anilines is 3. The van der Waals surface area contributed by atoms with Gasteiger partial charge in [0.25, 0.3) is 23.5 Å². The molecule has 3 aliphatic carbocycles. The first-order valence-corrected chi connectivity index (χ1v) is 27.7. The van der Waals surface area contributed by atoms with Gasteiger partial charge in [-0.05, 0) is 122 Å². The molecule has 3 atom stereocenters. The van der Waals surface area contributed by atoms with Gasteiger partial charge >= 0.3 is 0 Å². The van der Waals surface area contributed by atoms with Crippen LogP contribution in [0, 0.1) is 34.2 Å². The zero-order chi connectivity index (χ0) is 54.4. The lowest BCUT2D eigenvalue weighted by Crippen LogP contribution is -2.60. The molecule has 5 fully saturated rings. The summed E-state index contributed by atoms with van der Waals surface area (Å²) in [7, 11) is 4.41. The maximum atomic E-state index is 15.0. The van der Waals surface area contributed by atoms with Gasteiger partial charge in [-0.3, -0.25) is 29.5 Å². The Bertz CT molecular complexity index is 3190. The molecule has 0 radical (unpaired) electrons. The minimum absolute atomic E-state index is 0.0422. The second-order valence-electron chi connectivity index (χ2n) is 22.9. The molecule has 78 heavy (non-hydrogen) atoms. The van der Waals surface area contributed by atoms with Crippen LogP contribution in [0.25, 0.3) is 11.0 Å². The Labute approximate surface area is 455 Å². The van der Waals surface area contributed by atoms with Gasteiger partial charge < -0.3 is 39.7 Å². The number of ketones is 1.